The number of likely N-dealkylation sites (tertiary alicyclic amines) is 1. The van der Waals surface area contributed by atoms with Crippen LogP contribution in [0.1, 0.15) is 24.0 Å². The van der Waals surface area contributed by atoms with Crippen molar-refractivity contribution in [2.24, 2.45) is 0 Å². The molecule has 0 aliphatic carbocycles. The Morgan fingerprint density at radius 2 is 1.90 bits per heavy atom. The number of alkyl halides is 3. The normalized spacial score (nSPS) is 15.8. The molecule has 1 saturated heterocycles. The van der Waals surface area contributed by atoms with Crippen LogP contribution in [0.4, 0.5) is 28.9 Å². The molecule has 6 nitrogen and oxygen atoms in total. The van der Waals surface area contributed by atoms with E-state index in [9.17, 15) is 27.7 Å². The molecule has 0 atom stereocenters. The molecule has 0 radical (unpaired) electrons. The van der Waals surface area contributed by atoms with Gasteiger partial charge < -0.3 is 10.1 Å². The van der Waals surface area contributed by atoms with Gasteiger partial charge in [0, 0.05) is 43.5 Å². The molecule has 2 aromatic carbocycles. The fraction of sp³-hybridized carbons (Fsp3) is 0.400. The van der Waals surface area contributed by atoms with Crippen LogP contribution in [0.2, 0.25) is 0 Å². The maximum atomic E-state index is 13.8. The predicted molar refractivity (Wildman–Crippen MR) is 103 cm³/mol. The molecule has 1 aliphatic rings. The number of benzene rings is 2. The molecule has 3 rings (SSSR count). The molecule has 0 bridgehead atoms. The average Bonchev–Trinajstić information content (AvgIpc) is 2.69. The SMILES string of the molecule is COc1ccc(CN2CCC(Nc3ccc([N+](=O)[O-])cc3C(F)(F)F)CC2)cc1F. The fourth-order valence-corrected chi connectivity index (χ4v) is 3.53. The minimum Gasteiger partial charge on any atom is -0.494 e. The summed E-state index contributed by atoms with van der Waals surface area (Å²) in [6.07, 6.45) is -3.52. The number of nitrogens with zero attached hydrogens (tertiary/aromatic N) is 2. The first kappa shape index (κ1) is 21.8. The minimum absolute atomic E-state index is 0.163. The molecule has 0 spiro atoms. The summed E-state index contributed by atoms with van der Waals surface area (Å²) in [5.74, 6) is -0.269. The third-order valence-corrected chi connectivity index (χ3v) is 5.09. The van der Waals surface area contributed by atoms with Crippen LogP contribution in [-0.2, 0) is 12.7 Å². The van der Waals surface area contributed by atoms with E-state index in [0.717, 1.165) is 17.7 Å². The molecule has 0 amide bonds. The van der Waals surface area contributed by atoms with Crippen molar-refractivity contribution in [1.82, 2.24) is 4.90 Å². The number of rotatable bonds is 6. The third-order valence-electron chi connectivity index (χ3n) is 5.09. The number of ether oxygens (including phenoxy) is 1. The Balaban J connectivity index is 1.62. The molecule has 1 fully saturated rings. The van der Waals surface area contributed by atoms with Gasteiger partial charge in [0.15, 0.2) is 11.6 Å². The van der Waals surface area contributed by atoms with Crippen molar-refractivity contribution in [3.8, 4) is 5.75 Å². The van der Waals surface area contributed by atoms with E-state index in [4.69, 9.17) is 4.74 Å². The second-order valence-corrected chi connectivity index (χ2v) is 7.15. The standard InChI is InChI=1S/C20H21F4N3O3/c1-30-19-5-2-13(10-17(19)21)12-26-8-6-14(7-9-26)25-18-4-3-15(27(28)29)11-16(18)20(22,23)24/h2-5,10-11,14,25H,6-9,12H2,1H3. The highest BCUT2D eigenvalue weighted by molar-refractivity contribution is 5.58. The highest BCUT2D eigenvalue weighted by Gasteiger charge is 2.36. The molecule has 1 N–H and O–H groups in total. The zero-order valence-corrected chi connectivity index (χ0v) is 16.2. The van der Waals surface area contributed by atoms with Crippen molar-refractivity contribution in [1.29, 1.82) is 0 Å². The van der Waals surface area contributed by atoms with E-state index >= 15 is 0 Å². The average molecular weight is 427 g/mol. The summed E-state index contributed by atoms with van der Waals surface area (Å²) < 4.78 is 58.7. The number of hydrogen-bond donors (Lipinski definition) is 1. The molecular weight excluding hydrogens is 406 g/mol. The van der Waals surface area contributed by atoms with E-state index < -0.39 is 28.2 Å². The van der Waals surface area contributed by atoms with Crippen LogP contribution >= 0.6 is 0 Å². The fourth-order valence-electron chi connectivity index (χ4n) is 3.53. The van der Waals surface area contributed by atoms with Gasteiger partial charge in [-0.1, -0.05) is 6.07 Å². The van der Waals surface area contributed by atoms with Gasteiger partial charge in [-0.25, -0.2) is 4.39 Å². The number of nitro groups is 1. The van der Waals surface area contributed by atoms with Gasteiger partial charge in [-0.15, -0.1) is 0 Å². The van der Waals surface area contributed by atoms with Gasteiger partial charge in [0.1, 0.15) is 0 Å². The Hall–Kier alpha value is -2.88. The van der Waals surface area contributed by atoms with Crippen molar-refractivity contribution in [3.05, 3.63) is 63.5 Å². The highest BCUT2D eigenvalue weighted by Crippen LogP contribution is 2.37. The van der Waals surface area contributed by atoms with E-state index in [1.165, 1.54) is 13.2 Å². The summed E-state index contributed by atoms with van der Waals surface area (Å²) in [7, 11) is 1.39. The summed E-state index contributed by atoms with van der Waals surface area (Å²) in [6, 6.07) is 7.27. The Kier molecular flexibility index (Phi) is 6.45. The van der Waals surface area contributed by atoms with Crippen LogP contribution in [0.25, 0.3) is 0 Å². The van der Waals surface area contributed by atoms with E-state index in [0.29, 0.717) is 38.5 Å². The van der Waals surface area contributed by atoms with Gasteiger partial charge in [-0.05, 0) is 36.6 Å². The zero-order chi connectivity index (χ0) is 21.9. The topological polar surface area (TPSA) is 67.6 Å². The second-order valence-electron chi connectivity index (χ2n) is 7.15. The minimum atomic E-state index is -4.70. The first-order chi connectivity index (χ1) is 14.2. The van der Waals surface area contributed by atoms with Crippen molar-refractivity contribution in [3.63, 3.8) is 0 Å². The first-order valence-electron chi connectivity index (χ1n) is 9.34. The van der Waals surface area contributed by atoms with E-state index in [-0.39, 0.29) is 17.5 Å². The number of piperidine rings is 1. The lowest BCUT2D eigenvalue weighted by Crippen LogP contribution is -2.39. The second kappa shape index (κ2) is 8.86. The van der Waals surface area contributed by atoms with Gasteiger partial charge >= 0.3 is 6.18 Å². The maximum Gasteiger partial charge on any atom is 0.418 e. The van der Waals surface area contributed by atoms with Crippen molar-refractivity contribution >= 4 is 11.4 Å². The summed E-state index contributed by atoms with van der Waals surface area (Å²) in [4.78, 5) is 12.1. The molecule has 0 aromatic heterocycles. The molecule has 2 aromatic rings. The number of hydrogen-bond acceptors (Lipinski definition) is 5. The van der Waals surface area contributed by atoms with Crippen LogP contribution in [0.3, 0.4) is 0 Å². The van der Waals surface area contributed by atoms with E-state index in [2.05, 4.69) is 10.2 Å². The molecule has 1 heterocycles. The van der Waals surface area contributed by atoms with Crippen LogP contribution < -0.4 is 10.1 Å². The zero-order valence-electron chi connectivity index (χ0n) is 16.2. The Morgan fingerprint density at radius 1 is 1.20 bits per heavy atom. The quantitative estimate of drug-likeness (QED) is 0.406. The van der Waals surface area contributed by atoms with Gasteiger partial charge in [0.25, 0.3) is 5.69 Å². The Labute approximate surface area is 170 Å². The Bertz CT molecular complexity index is 913. The number of nitrogens with one attached hydrogen (secondary N) is 1. The van der Waals surface area contributed by atoms with Crippen LogP contribution in [0, 0.1) is 15.9 Å². The summed E-state index contributed by atoms with van der Waals surface area (Å²) in [5.41, 5.74) is -1.03. The van der Waals surface area contributed by atoms with Gasteiger partial charge in [-0.2, -0.15) is 13.2 Å². The molecule has 30 heavy (non-hydrogen) atoms. The number of non-ortho nitro benzene ring substituents is 1. The molecule has 162 valence electrons. The highest BCUT2D eigenvalue weighted by atomic mass is 19.4. The Morgan fingerprint density at radius 3 is 2.47 bits per heavy atom. The number of anilines is 1. The number of methoxy groups -OCH3 is 1. The lowest BCUT2D eigenvalue weighted by Gasteiger charge is -2.33. The van der Waals surface area contributed by atoms with Crippen LogP contribution in [-0.4, -0.2) is 36.1 Å². The summed E-state index contributed by atoms with van der Waals surface area (Å²) in [5, 5.41) is 13.7. The van der Waals surface area contributed by atoms with E-state index in [1.54, 1.807) is 12.1 Å². The lowest BCUT2D eigenvalue weighted by molar-refractivity contribution is -0.385. The smallest absolute Gasteiger partial charge is 0.418 e. The number of nitro benzene ring substituents is 1. The van der Waals surface area contributed by atoms with Crippen molar-refractivity contribution < 1.29 is 27.2 Å². The molecule has 1 aliphatic heterocycles. The lowest BCUT2D eigenvalue weighted by atomic mass is 10.0. The van der Waals surface area contributed by atoms with Crippen LogP contribution in [0.5, 0.6) is 5.75 Å². The van der Waals surface area contributed by atoms with Crippen LogP contribution in [0.15, 0.2) is 36.4 Å². The summed E-state index contributed by atoms with van der Waals surface area (Å²) in [6.45, 7) is 1.78. The largest absolute Gasteiger partial charge is 0.494 e. The van der Waals surface area contributed by atoms with Gasteiger partial charge in [0.2, 0.25) is 0 Å². The molecular formula is C20H21F4N3O3. The molecule has 0 unspecified atom stereocenters. The van der Waals surface area contributed by atoms with Crippen molar-refractivity contribution in [2.75, 3.05) is 25.5 Å². The first-order valence-corrected chi connectivity index (χ1v) is 9.34. The molecule has 10 heteroatoms. The maximum absolute atomic E-state index is 13.8. The molecule has 0 saturated carbocycles. The van der Waals surface area contributed by atoms with E-state index in [1.807, 2.05) is 0 Å². The monoisotopic (exact) mass is 427 g/mol. The third kappa shape index (κ3) is 5.18. The van der Waals surface area contributed by atoms with Gasteiger partial charge in [-0.3, -0.25) is 15.0 Å². The number of halogens is 4. The summed E-state index contributed by atoms with van der Waals surface area (Å²) >= 11 is 0. The predicted octanol–water partition coefficient (Wildman–Crippen LogP) is 4.84. The van der Waals surface area contributed by atoms with Gasteiger partial charge in [0.05, 0.1) is 17.6 Å². The van der Waals surface area contributed by atoms with Crippen molar-refractivity contribution in [2.45, 2.75) is 31.6 Å².